The first-order valence-corrected chi connectivity index (χ1v) is 6.74. The molecule has 0 saturated heterocycles. The summed E-state index contributed by atoms with van der Waals surface area (Å²) >= 11 is 0. The molecular weight excluding hydrogens is 282 g/mol. The van der Waals surface area contributed by atoms with Gasteiger partial charge in [0.15, 0.2) is 11.4 Å². The van der Waals surface area contributed by atoms with Gasteiger partial charge in [0, 0.05) is 0 Å². The molecule has 1 aromatic heterocycles. The molecule has 2 aromatic carbocycles. The number of hydrogen-bond acceptors (Lipinski definition) is 4. The Kier molecular flexibility index (Phi) is 3.62. The lowest BCUT2D eigenvalue weighted by Gasteiger charge is -2.08. The lowest BCUT2D eigenvalue weighted by molar-refractivity contribution is -0.115. The molecule has 0 bridgehead atoms. The maximum Gasteiger partial charge on any atom is 0.364 e. The maximum atomic E-state index is 12.0. The molecular formula is C17H13NO4. The second kappa shape index (κ2) is 5.73. The van der Waals surface area contributed by atoms with Crippen LogP contribution >= 0.6 is 0 Å². The molecule has 2 N–H and O–H groups in total. The number of para-hydroxylation sites is 1. The van der Waals surface area contributed by atoms with E-state index in [9.17, 15) is 14.7 Å². The normalized spacial score (nSPS) is 10.5. The van der Waals surface area contributed by atoms with Crippen LogP contribution in [0.4, 0.5) is 5.69 Å². The minimum Gasteiger partial charge on any atom is -0.505 e. The smallest absolute Gasteiger partial charge is 0.364 e. The maximum absolute atomic E-state index is 12.0. The highest BCUT2D eigenvalue weighted by Gasteiger charge is 2.16. The summed E-state index contributed by atoms with van der Waals surface area (Å²) in [5, 5.41) is 13.0. The molecule has 3 rings (SSSR count). The Morgan fingerprint density at radius 3 is 2.50 bits per heavy atom. The summed E-state index contributed by atoms with van der Waals surface area (Å²) in [5.41, 5.74) is 0.0629. The first-order valence-electron chi connectivity index (χ1n) is 6.74. The van der Waals surface area contributed by atoms with Gasteiger partial charge in [-0.15, -0.1) is 0 Å². The molecule has 5 nitrogen and oxygen atoms in total. The van der Waals surface area contributed by atoms with E-state index in [-0.39, 0.29) is 23.4 Å². The summed E-state index contributed by atoms with van der Waals surface area (Å²) in [5.74, 6) is -0.683. The molecule has 0 spiro atoms. The Hall–Kier alpha value is -3.08. The minimum atomic E-state index is -0.780. The number of nitrogens with one attached hydrogen (secondary N) is 1. The molecule has 3 aromatic rings. The fourth-order valence-electron chi connectivity index (χ4n) is 2.21. The summed E-state index contributed by atoms with van der Waals surface area (Å²) < 4.78 is 5.09. The van der Waals surface area contributed by atoms with E-state index in [4.69, 9.17) is 4.42 Å². The Morgan fingerprint density at radius 2 is 1.73 bits per heavy atom. The standard InChI is InChI=1S/C17H13NO4/c19-14(10-11-6-2-1-3-7-11)18-15-16(20)12-8-4-5-9-13(12)22-17(15)21/h1-9,20H,10H2,(H,18,19). The van der Waals surface area contributed by atoms with Crippen molar-refractivity contribution in [1.29, 1.82) is 0 Å². The van der Waals surface area contributed by atoms with E-state index in [1.165, 1.54) is 0 Å². The number of aromatic hydroxyl groups is 1. The number of carbonyl (C=O) groups excluding carboxylic acids is 1. The minimum absolute atomic E-state index is 0.104. The molecule has 0 fully saturated rings. The average Bonchev–Trinajstić information content (AvgIpc) is 2.52. The van der Waals surface area contributed by atoms with Gasteiger partial charge in [-0.05, 0) is 17.7 Å². The van der Waals surface area contributed by atoms with Gasteiger partial charge in [0.2, 0.25) is 5.91 Å². The Balaban J connectivity index is 1.90. The first kappa shape index (κ1) is 13.9. The molecule has 0 aliphatic carbocycles. The van der Waals surface area contributed by atoms with E-state index in [1.807, 2.05) is 30.3 Å². The number of carbonyl (C=O) groups is 1. The van der Waals surface area contributed by atoms with E-state index in [2.05, 4.69) is 5.32 Å². The van der Waals surface area contributed by atoms with Crippen molar-refractivity contribution < 1.29 is 14.3 Å². The number of anilines is 1. The third kappa shape index (κ3) is 2.69. The van der Waals surface area contributed by atoms with Gasteiger partial charge in [-0.25, -0.2) is 4.79 Å². The molecule has 1 amide bonds. The van der Waals surface area contributed by atoms with E-state index in [0.717, 1.165) is 5.56 Å². The Labute approximate surface area is 125 Å². The zero-order valence-electron chi connectivity index (χ0n) is 11.6. The Morgan fingerprint density at radius 1 is 1.05 bits per heavy atom. The van der Waals surface area contributed by atoms with Crippen LogP contribution in [0, 0.1) is 0 Å². The van der Waals surface area contributed by atoms with Crippen LogP contribution in [-0.4, -0.2) is 11.0 Å². The van der Waals surface area contributed by atoms with Crippen LogP contribution in [-0.2, 0) is 11.2 Å². The quantitative estimate of drug-likeness (QED) is 0.728. The molecule has 0 saturated carbocycles. The lowest BCUT2D eigenvalue weighted by atomic mass is 10.1. The van der Waals surface area contributed by atoms with Gasteiger partial charge >= 0.3 is 5.63 Å². The van der Waals surface area contributed by atoms with Gasteiger partial charge in [0.25, 0.3) is 0 Å². The molecule has 1 heterocycles. The van der Waals surface area contributed by atoms with Crippen LogP contribution < -0.4 is 10.9 Å². The van der Waals surface area contributed by atoms with Gasteiger partial charge in [0.05, 0.1) is 11.8 Å². The zero-order chi connectivity index (χ0) is 15.5. The summed E-state index contributed by atoms with van der Waals surface area (Å²) in [6.07, 6.45) is 0.104. The van der Waals surface area contributed by atoms with Crippen molar-refractivity contribution in [2.45, 2.75) is 6.42 Å². The van der Waals surface area contributed by atoms with Crippen LogP contribution in [0.15, 0.2) is 63.8 Å². The molecule has 0 atom stereocenters. The predicted molar refractivity (Wildman–Crippen MR) is 82.9 cm³/mol. The van der Waals surface area contributed by atoms with E-state index in [1.54, 1.807) is 24.3 Å². The average molecular weight is 295 g/mol. The van der Waals surface area contributed by atoms with E-state index >= 15 is 0 Å². The largest absolute Gasteiger partial charge is 0.505 e. The van der Waals surface area contributed by atoms with Crippen LogP contribution in [0.1, 0.15) is 5.56 Å². The van der Waals surface area contributed by atoms with Crippen molar-refractivity contribution >= 4 is 22.6 Å². The summed E-state index contributed by atoms with van der Waals surface area (Å²) in [6.45, 7) is 0. The van der Waals surface area contributed by atoms with Crippen molar-refractivity contribution in [2.75, 3.05) is 5.32 Å². The van der Waals surface area contributed by atoms with Crippen molar-refractivity contribution in [3.05, 3.63) is 70.6 Å². The second-order valence-corrected chi connectivity index (χ2v) is 4.82. The zero-order valence-corrected chi connectivity index (χ0v) is 11.6. The monoisotopic (exact) mass is 295 g/mol. The highest BCUT2D eigenvalue weighted by atomic mass is 16.4. The molecule has 0 radical (unpaired) electrons. The number of fused-ring (bicyclic) bond motifs is 1. The molecule has 0 aliphatic rings. The number of amides is 1. The van der Waals surface area contributed by atoms with Crippen molar-refractivity contribution in [1.82, 2.24) is 0 Å². The van der Waals surface area contributed by atoms with E-state index < -0.39 is 11.5 Å². The first-order chi connectivity index (χ1) is 10.6. The van der Waals surface area contributed by atoms with Crippen LogP contribution in [0.25, 0.3) is 11.0 Å². The van der Waals surface area contributed by atoms with Gasteiger partial charge < -0.3 is 14.8 Å². The van der Waals surface area contributed by atoms with E-state index in [0.29, 0.717) is 5.39 Å². The van der Waals surface area contributed by atoms with Crippen molar-refractivity contribution in [2.24, 2.45) is 0 Å². The second-order valence-electron chi connectivity index (χ2n) is 4.82. The van der Waals surface area contributed by atoms with Crippen LogP contribution in [0.5, 0.6) is 5.75 Å². The fraction of sp³-hybridized carbons (Fsp3) is 0.0588. The summed E-state index contributed by atoms with van der Waals surface area (Å²) in [6, 6.07) is 15.7. The third-order valence-corrected chi connectivity index (χ3v) is 3.26. The molecule has 22 heavy (non-hydrogen) atoms. The van der Waals surface area contributed by atoms with Gasteiger partial charge in [0.1, 0.15) is 5.58 Å². The SMILES string of the molecule is O=C(Cc1ccccc1)Nc1c(O)c2ccccc2oc1=O. The van der Waals surface area contributed by atoms with Crippen LogP contribution in [0.2, 0.25) is 0 Å². The van der Waals surface area contributed by atoms with Gasteiger partial charge in [-0.1, -0.05) is 42.5 Å². The van der Waals surface area contributed by atoms with Gasteiger partial charge in [-0.2, -0.15) is 0 Å². The topological polar surface area (TPSA) is 79.5 Å². The highest BCUT2D eigenvalue weighted by molar-refractivity contribution is 5.97. The number of benzene rings is 2. The molecule has 0 unspecified atom stereocenters. The van der Waals surface area contributed by atoms with Crippen LogP contribution in [0.3, 0.4) is 0 Å². The molecule has 0 aliphatic heterocycles. The van der Waals surface area contributed by atoms with Gasteiger partial charge in [-0.3, -0.25) is 4.79 Å². The van der Waals surface area contributed by atoms with Crippen molar-refractivity contribution in [3.63, 3.8) is 0 Å². The lowest BCUT2D eigenvalue weighted by Crippen LogP contribution is -2.19. The fourth-order valence-corrected chi connectivity index (χ4v) is 2.21. The Bertz CT molecular complexity index is 884. The molecule has 110 valence electrons. The highest BCUT2D eigenvalue weighted by Crippen LogP contribution is 2.29. The third-order valence-electron chi connectivity index (χ3n) is 3.26. The number of rotatable bonds is 3. The number of hydrogen-bond donors (Lipinski definition) is 2. The molecule has 5 heteroatoms. The predicted octanol–water partition coefficient (Wildman–Crippen LogP) is 2.68. The summed E-state index contributed by atoms with van der Waals surface area (Å²) in [7, 11) is 0. The van der Waals surface area contributed by atoms with Crippen molar-refractivity contribution in [3.8, 4) is 5.75 Å². The summed E-state index contributed by atoms with van der Waals surface area (Å²) in [4.78, 5) is 23.9.